The Kier molecular flexibility index (Phi) is 14.9. The van der Waals surface area contributed by atoms with Crippen LogP contribution in [0.2, 0.25) is 0 Å². The number of nitrogens with one attached hydrogen (secondary N) is 1. The molecule has 0 radical (unpaired) electrons. The van der Waals surface area contributed by atoms with Crippen LogP contribution in [0.5, 0.6) is 0 Å². The third-order valence-corrected chi connectivity index (χ3v) is 2.84. The predicted molar refractivity (Wildman–Crippen MR) is 78.4 cm³/mol. The second-order valence-electron chi connectivity index (χ2n) is 4.01. The van der Waals surface area contributed by atoms with E-state index in [1.165, 1.54) is 13.1 Å². The molecule has 17 heavy (non-hydrogen) atoms. The standard InChI is InChI=1S/C10H25N5.2ClH/c11-1-3-13-4-6-15-9-7-14(5-2-12)8-10-15;;/h13H,1-12H2;2*1H. The SMILES string of the molecule is Cl.Cl.NCCNCCN1CCN(CCN)CC1. The average molecular weight is 288 g/mol. The second-order valence-corrected chi connectivity index (χ2v) is 4.01. The summed E-state index contributed by atoms with van der Waals surface area (Å²) in [5.74, 6) is 0. The van der Waals surface area contributed by atoms with Gasteiger partial charge in [0.05, 0.1) is 0 Å². The minimum absolute atomic E-state index is 0. The van der Waals surface area contributed by atoms with Gasteiger partial charge in [0.25, 0.3) is 0 Å². The minimum atomic E-state index is 0. The lowest BCUT2D eigenvalue weighted by Crippen LogP contribution is -2.49. The fraction of sp³-hybridized carbons (Fsp3) is 1.00. The minimum Gasteiger partial charge on any atom is -0.329 e. The lowest BCUT2D eigenvalue weighted by atomic mass is 10.3. The number of halogens is 2. The first-order chi connectivity index (χ1) is 7.36. The van der Waals surface area contributed by atoms with Crippen LogP contribution in [0.25, 0.3) is 0 Å². The lowest BCUT2D eigenvalue weighted by molar-refractivity contribution is 0.136. The molecule has 1 fully saturated rings. The van der Waals surface area contributed by atoms with Crippen molar-refractivity contribution in [3.8, 4) is 0 Å². The summed E-state index contributed by atoms with van der Waals surface area (Å²) in [5.41, 5.74) is 10.9. The Labute approximate surface area is 117 Å². The van der Waals surface area contributed by atoms with Gasteiger partial charge in [-0.15, -0.1) is 24.8 Å². The van der Waals surface area contributed by atoms with Gasteiger partial charge >= 0.3 is 0 Å². The summed E-state index contributed by atoms with van der Waals surface area (Å²) in [6.07, 6.45) is 0. The highest BCUT2D eigenvalue weighted by Crippen LogP contribution is 1.99. The molecule has 1 aliphatic heterocycles. The first-order valence-corrected chi connectivity index (χ1v) is 5.92. The predicted octanol–water partition coefficient (Wildman–Crippen LogP) is -1.05. The molecule has 0 unspecified atom stereocenters. The zero-order chi connectivity index (χ0) is 10.9. The van der Waals surface area contributed by atoms with Crippen LogP contribution in [0.15, 0.2) is 0 Å². The van der Waals surface area contributed by atoms with E-state index in [9.17, 15) is 0 Å². The van der Waals surface area contributed by atoms with Gasteiger partial charge in [-0.25, -0.2) is 0 Å². The molecule has 1 saturated heterocycles. The van der Waals surface area contributed by atoms with Crippen molar-refractivity contribution < 1.29 is 0 Å². The molecule has 0 atom stereocenters. The normalized spacial score (nSPS) is 17.3. The molecule has 1 rings (SSSR count). The van der Waals surface area contributed by atoms with E-state index < -0.39 is 0 Å². The molecule has 0 amide bonds. The summed E-state index contributed by atoms with van der Waals surface area (Å²) >= 11 is 0. The molecule has 0 aliphatic carbocycles. The van der Waals surface area contributed by atoms with E-state index in [1.807, 2.05) is 0 Å². The van der Waals surface area contributed by atoms with Crippen LogP contribution in [0.4, 0.5) is 0 Å². The zero-order valence-electron chi connectivity index (χ0n) is 10.4. The van der Waals surface area contributed by atoms with Crippen molar-refractivity contribution >= 4 is 24.8 Å². The van der Waals surface area contributed by atoms with Gasteiger partial charge in [-0.05, 0) is 0 Å². The smallest absolute Gasteiger partial charge is 0.0110 e. The number of nitrogens with zero attached hydrogens (tertiary/aromatic N) is 2. The Hall–Kier alpha value is 0.380. The molecule has 0 aromatic carbocycles. The van der Waals surface area contributed by atoms with E-state index in [4.69, 9.17) is 11.5 Å². The van der Waals surface area contributed by atoms with Crippen LogP contribution < -0.4 is 16.8 Å². The Bertz CT molecular complexity index is 151. The van der Waals surface area contributed by atoms with E-state index in [0.717, 1.165) is 52.4 Å². The summed E-state index contributed by atoms with van der Waals surface area (Å²) in [6, 6.07) is 0. The second kappa shape index (κ2) is 12.8. The first kappa shape index (κ1) is 19.7. The quantitative estimate of drug-likeness (QED) is 0.522. The van der Waals surface area contributed by atoms with Gasteiger partial charge in [0.15, 0.2) is 0 Å². The molecule has 1 aliphatic rings. The Balaban J connectivity index is 0. The largest absolute Gasteiger partial charge is 0.329 e. The third kappa shape index (κ3) is 9.02. The molecule has 7 heteroatoms. The topological polar surface area (TPSA) is 70.5 Å². The van der Waals surface area contributed by atoms with Crippen LogP contribution in [-0.2, 0) is 0 Å². The van der Waals surface area contributed by atoms with Crippen molar-refractivity contribution in [1.29, 1.82) is 0 Å². The van der Waals surface area contributed by atoms with Gasteiger partial charge < -0.3 is 16.8 Å². The van der Waals surface area contributed by atoms with Crippen LogP contribution in [0.1, 0.15) is 0 Å². The number of hydrogen-bond acceptors (Lipinski definition) is 5. The lowest BCUT2D eigenvalue weighted by Gasteiger charge is -2.34. The number of hydrogen-bond donors (Lipinski definition) is 3. The van der Waals surface area contributed by atoms with Gasteiger partial charge in [-0.1, -0.05) is 0 Å². The summed E-state index contributed by atoms with van der Waals surface area (Å²) in [5, 5.41) is 3.32. The molecule has 0 aromatic heterocycles. The molecule has 0 spiro atoms. The number of nitrogens with two attached hydrogens (primary N) is 2. The van der Waals surface area contributed by atoms with E-state index in [1.54, 1.807) is 0 Å². The Morgan fingerprint density at radius 2 is 1.29 bits per heavy atom. The average Bonchev–Trinajstić information content (AvgIpc) is 2.27. The molecule has 0 bridgehead atoms. The van der Waals surface area contributed by atoms with Crippen LogP contribution in [0, 0.1) is 0 Å². The van der Waals surface area contributed by atoms with Crippen molar-refractivity contribution in [3.63, 3.8) is 0 Å². The first-order valence-electron chi connectivity index (χ1n) is 5.92. The van der Waals surface area contributed by atoms with E-state index >= 15 is 0 Å². The van der Waals surface area contributed by atoms with Gasteiger partial charge in [-0.2, -0.15) is 0 Å². The van der Waals surface area contributed by atoms with Crippen molar-refractivity contribution in [1.82, 2.24) is 15.1 Å². The van der Waals surface area contributed by atoms with E-state index in [2.05, 4.69) is 15.1 Å². The summed E-state index contributed by atoms with van der Waals surface area (Å²) in [6.45, 7) is 10.3. The maximum Gasteiger partial charge on any atom is 0.0110 e. The van der Waals surface area contributed by atoms with Crippen molar-refractivity contribution in [2.45, 2.75) is 0 Å². The third-order valence-electron chi connectivity index (χ3n) is 2.84. The van der Waals surface area contributed by atoms with Gasteiger partial charge in [0.1, 0.15) is 0 Å². The molecule has 1 heterocycles. The van der Waals surface area contributed by atoms with E-state index in [-0.39, 0.29) is 24.8 Å². The van der Waals surface area contributed by atoms with Crippen molar-refractivity contribution in [3.05, 3.63) is 0 Å². The maximum atomic E-state index is 5.53. The summed E-state index contributed by atoms with van der Waals surface area (Å²) in [7, 11) is 0. The van der Waals surface area contributed by atoms with Crippen LogP contribution in [-0.4, -0.2) is 75.2 Å². The Morgan fingerprint density at radius 3 is 1.76 bits per heavy atom. The maximum absolute atomic E-state index is 5.53. The fourth-order valence-electron chi connectivity index (χ4n) is 1.88. The van der Waals surface area contributed by atoms with Crippen molar-refractivity contribution in [2.75, 3.05) is 65.4 Å². The number of piperazine rings is 1. The molecule has 5 N–H and O–H groups in total. The fourth-order valence-corrected chi connectivity index (χ4v) is 1.88. The van der Waals surface area contributed by atoms with Gasteiger partial charge in [-0.3, -0.25) is 9.80 Å². The highest BCUT2D eigenvalue weighted by atomic mass is 35.5. The van der Waals surface area contributed by atoms with Crippen LogP contribution in [0.3, 0.4) is 0 Å². The van der Waals surface area contributed by atoms with Gasteiger partial charge in [0.2, 0.25) is 0 Å². The molecular weight excluding hydrogens is 261 g/mol. The van der Waals surface area contributed by atoms with E-state index in [0.29, 0.717) is 0 Å². The summed E-state index contributed by atoms with van der Waals surface area (Å²) < 4.78 is 0. The molecule has 0 aromatic rings. The van der Waals surface area contributed by atoms with Crippen LogP contribution >= 0.6 is 24.8 Å². The molecule has 106 valence electrons. The highest BCUT2D eigenvalue weighted by Gasteiger charge is 2.14. The number of rotatable bonds is 7. The zero-order valence-corrected chi connectivity index (χ0v) is 12.1. The molecule has 0 saturated carbocycles. The highest BCUT2D eigenvalue weighted by molar-refractivity contribution is 5.85. The van der Waals surface area contributed by atoms with Gasteiger partial charge in [0, 0.05) is 65.4 Å². The molecular formula is C10H27Cl2N5. The Morgan fingerprint density at radius 1 is 0.765 bits per heavy atom. The molecule has 5 nitrogen and oxygen atoms in total. The summed E-state index contributed by atoms with van der Waals surface area (Å²) in [4.78, 5) is 4.93. The monoisotopic (exact) mass is 287 g/mol. The van der Waals surface area contributed by atoms with Crippen molar-refractivity contribution in [2.24, 2.45) is 11.5 Å².